The Morgan fingerprint density at radius 3 is 1.02 bits per heavy atom. The molecule has 0 fully saturated rings. The maximum atomic E-state index is 12.9. The van der Waals surface area contributed by atoms with Gasteiger partial charge in [0.15, 0.2) is 0 Å². The maximum absolute atomic E-state index is 12.9. The highest BCUT2D eigenvalue weighted by atomic mass is 16.6. The molecule has 58 heavy (non-hydrogen) atoms. The number of hydrogen-bond donors (Lipinski definition) is 0. The lowest BCUT2D eigenvalue weighted by atomic mass is 9.99. The van der Waals surface area contributed by atoms with E-state index in [1.165, 1.54) is 12.1 Å². The number of anilines is 6. The molecule has 0 N–H and O–H groups in total. The Morgan fingerprint density at radius 1 is 0.345 bits per heavy atom. The Labute approximate surface area is 336 Å². The van der Waals surface area contributed by atoms with Crippen molar-refractivity contribution in [3.8, 4) is 33.4 Å². The molecule has 8 rings (SSSR count). The molecule has 0 aliphatic heterocycles. The van der Waals surface area contributed by atoms with Gasteiger partial charge in [-0.2, -0.15) is 0 Å². The quantitative estimate of drug-likeness (QED) is 0.0963. The van der Waals surface area contributed by atoms with Gasteiger partial charge in [0.2, 0.25) is 0 Å². The van der Waals surface area contributed by atoms with Gasteiger partial charge in [0.1, 0.15) is 0 Å². The highest BCUT2D eigenvalue weighted by Gasteiger charge is 2.27. The van der Waals surface area contributed by atoms with Crippen LogP contribution in [0.2, 0.25) is 0 Å². The van der Waals surface area contributed by atoms with Crippen LogP contribution in [0.3, 0.4) is 0 Å². The molecule has 0 atom stereocenters. The summed E-state index contributed by atoms with van der Waals surface area (Å²) in [5, 5.41) is 25.8. The van der Waals surface area contributed by atoms with Crippen LogP contribution in [0.15, 0.2) is 194 Å². The Bertz CT molecular complexity index is 2560. The fourth-order valence-corrected chi connectivity index (χ4v) is 7.37. The van der Waals surface area contributed by atoms with Gasteiger partial charge in [-0.15, -0.1) is 0 Å². The lowest BCUT2D eigenvalue weighted by Crippen LogP contribution is -2.11. The number of benzene rings is 8. The van der Waals surface area contributed by atoms with Crippen molar-refractivity contribution >= 4 is 45.5 Å². The lowest BCUT2D eigenvalue weighted by Gasteiger charge is -2.27. The fourth-order valence-electron chi connectivity index (χ4n) is 7.37. The molecular formula is C50H38N4O4. The molecule has 0 heterocycles. The van der Waals surface area contributed by atoms with Gasteiger partial charge >= 0.3 is 0 Å². The van der Waals surface area contributed by atoms with Crippen LogP contribution in [0.5, 0.6) is 0 Å². The molecule has 8 aromatic rings. The zero-order valence-electron chi connectivity index (χ0n) is 31.9. The topological polar surface area (TPSA) is 92.8 Å². The van der Waals surface area contributed by atoms with Gasteiger partial charge in [-0.1, -0.05) is 109 Å². The third kappa shape index (κ3) is 7.67. The monoisotopic (exact) mass is 758 g/mol. The number of nitro groups is 2. The average molecular weight is 759 g/mol. The van der Waals surface area contributed by atoms with Crippen molar-refractivity contribution in [3.63, 3.8) is 0 Å². The number of rotatable bonds is 11. The minimum Gasteiger partial charge on any atom is -0.310 e. The summed E-state index contributed by atoms with van der Waals surface area (Å²) in [4.78, 5) is 28.8. The second-order valence-corrected chi connectivity index (χ2v) is 14.1. The van der Waals surface area contributed by atoms with E-state index >= 15 is 0 Å². The molecule has 0 radical (unpaired) electrons. The molecular weight excluding hydrogens is 721 g/mol. The third-order valence-electron chi connectivity index (χ3n) is 10.1. The number of nitrogens with zero attached hydrogens (tertiary/aromatic N) is 4. The summed E-state index contributed by atoms with van der Waals surface area (Å²) in [6.07, 6.45) is 0. The first-order valence-corrected chi connectivity index (χ1v) is 18.9. The molecule has 0 aliphatic rings. The third-order valence-corrected chi connectivity index (χ3v) is 10.1. The highest BCUT2D eigenvalue weighted by molar-refractivity contribution is 5.89. The van der Waals surface area contributed by atoms with Crippen molar-refractivity contribution in [1.82, 2.24) is 0 Å². The molecule has 0 saturated carbocycles. The van der Waals surface area contributed by atoms with Crippen LogP contribution >= 0.6 is 0 Å². The average Bonchev–Trinajstić information content (AvgIpc) is 3.25. The van der Waals surface area contributed by atoms with E-state index < -0.39 is 9.85 Å². The largest absolute Gasteiger partial charge is 0.310 e. The molecule has 8 heteroatoms. The summed E-state index contributed by atoms with van der Waals surface area (Å²) >= 11 is 0. The Balaban J connectivity index is 1.22. The minimum absolute atomic E-state index is 0.143. The van der Waals surface area contributed by atoms with Gasteiger partial charge in [-0.25, -0.2) is 0 Å². The molecule has 0 aromatic heterocycles. The second kappa shape index (κ2) is 16.1. The first kappa shape index (κ1) is 37.1. The molecule has 0 amide bonds. The van der Waals surface area contributed by atoms with Crippen LogP contribution in [0.1, 0.15) is 11.1 Å². The Kier molecular flexibility index (Phi) is 10.3. The van der Waals surface area contributed by atoms with E-state index in [4.69, 9.17) is 0 Å². The normalized spacial score (nSPS) is 10.9. The summed E-state index contributed by atoms with van der Waals surface area (Å²) in [6, 6.07) is 61.8. The van der Waals surface area contributed by atoms with E-state index in [-0.39, 0.29) is 22.5 Å². The summed E-state index contributed by atoms with van der Waals surface area (Å²) in [5.74, 6) is 0. The SMILES string of the molecule is Cc1cccc(N(c2ccc(-c3ccccc3)cc2)c2ccc(-c3ccc(N(c4ccc(-c5ccccc5)cc4)c4cccc(C)c4)cc3[N+](=O)[O-])c([N+](=O)[O-])c2)c1. The Hall–Kier alpha value is -7.84. The van der Waals surface area contributed by atoms with Crippen molar-refractivity contribution in [2.45, 2.75) is 13.8 Å². The zero-order valence-corrected chi connectivity index (χ0v) is 31.9. The van der Waals surface area contributed by atoms with Crippen LogP contribution in [-0.2, 0) is 0 Å². The van der Waals surface area contributed by atoms with Crippen LogP contribution < -0.4 is 9.80 Å². The summed E-state index contributed by atoms with van der Waals surface area (Å²) in [7, 11) is 0. The smallest absolute Gasteiger partial charge is 0.279 e. The summed E-state index contributed by atoms with van der Waals surface area (Å²) in [5.41, 5.74) is 10.4. The van der Waals surface area contributed by atoms with Crippen molar-refractivity contribution in [2.75, 3.05) is 9.80 Å². The van der Waals surface area contributed by atoms with Crippen LogP contribution in [0, 0.1) is 34.1 Å². The van der Waals surface area contributed by atoms with E-state index in [0.29, 0.717) is 11.4 Å². The highest BCUT2D eigenvalue weighted by Crippen LogP contribution is 2.45. The van der Waals surface area contributed by atoms with Gasteiger partial charge in [0.05, 0.1) is 32.3 Å². The predicted octanol–water partition coefficient (Wildman–Crippen LogP) is 14.1. The molecule has 0 aliphatic carbocycles. The van der Waals surface area contributed by atoms with E-state index in [2.05, 4.69) is 0 Å². The van der Waals surface area contributed by atoms with Gasteiger partial charge in [0.25, 0.3) is 11.4 Å². The number of nitro benzene ring substituents is 2. The number of hydrogen-bond acceptors (Lipinski definition) is 6. The van der Waals surface area contributed by atoms with Gasteiger partial charge in [0, 0.05) is 34.9 Å². The number of aryl methyl sites for hydroxylation is 2. The molecule has 8 aromatic carbocycles. The van der Waals surface area contributed by atoms with Crippen molar-refractivity contribution in [2.24, 2.45) is 0 Å². The van der Waals surface area contributed by atoms with Crippen LogP contribution in [-0.4, -0.2) is 9.85 Å². The first-order chi connectivity index (χ1) is 28.2. The first-order valence-electron chi connectivity index (χ1n) is 18.9. The van der Waals surface area contributed by atoms with Crippen LogP contribution in [0.25, 0.3) is 33.4 Å². The molecule has 0 unspecified atom stereocenters. The minimum atomic E-state index is -0.475. The van der Waals surface area contributed by atoms with Gasteiger partial charge in [-0.05, 0) is 120 Å². The molecule has 0 saturated heterocycles. The van der Waals surface area contributed by atoms with Gasteiger partial charge < -0.3 is 9.80 Å². The fraction of sp³-hybridized carbons (Fsp3) is 0.0400. The standard InChI is InChI=1S/C50H38N4O4/c1-35-11-9-17-43(31-35)51(41-23-19-39(20-24-41)37-13-5-3-6-14-37)45-27-29-47(49(33-45)53(55)56)48-30-28-46(34-50(48)54(57)58)52(44-18-10-12-36(2)32-44)42-25-21-40(22-26-42)38-15-7-4-8-16-38/h3-34H,1-2H3. The van der Waals surface area contributed by atoms with Crippen molar-refractivity contribution < 1.29 is 9.85 Å². The maximum Gasteiger partial charge on any atom is 0.279 e. The molecule has 282 valence electrons. The molecule has 0 bridgehead atoms. The lowest BCUT2D eigenvalue weighted by molar-refractivity contribution is -0.386. The summed E-state index contributed by atoms with van der Waals surface area (Å²) < 4.78 is 0. The van der Waals surface area contributed by atoms with E-state index in [1.54, 1.807) is 24.3 Å². The van der Waals surface area contributed by atoms with Crippen LogP contribution in [0.4, 0.5) is 45.5 Å². The molecule has 0 spiro atoms. The second-order valence-electron chi connectivity index (χ2n) is 14.1. The summed E-state index contributed by atoms with van der Waals surface area (Å²) in [6.45, 7) is 3.99. The van der Waals surface area contributed by atoms with Crippen molar-refractivity contribution in [1.29, 1.82) is 0 Å². The van der Waals surface area contributed by atoms with E-state index in [0.717, 1.165) is 56.1 Å². The van der Waals surface area contributed by atoms with E-state index in [1.807, 2.05) is 181 Å². The van der Waals surface area contributed by atoms with Gasteiger partial charge in [-0.3, -0.25) is 20.2 Å². The Morgan fingerprint density at radius 2 is 0.672 bits per heavy atom. The zero-order chi connectivity index (χ0) is 40.2. The molecule has 8 nitrogen and oxygen atoms in total. The van der Waals surface area contributed by atoms with Crippen molar-refractivity contribution in [3.05, 3.63) is 225 Å². The predicted molar refractivity (Wildman–Crippen MR) is 235 cm³/mol. The van der Waals surface area contributed by atoms with E-state index in [9.17, 15) is 20.2 Å².